The molecule has 2 aromatic carbocycles. The summed E-state index contributed by atoms with van der Waals surface area (Å²) < 4.78 is 5.44. The molecular weight excluding hydrogens is 414 g/mol. The number of aryl methyl sites for hydroxylation is 1. The van der Waals surface area contributed by atoms with E-state index in [1.54, 1.807) is 14.2 Å². The van der Waals surface area contributed by atoms with Gasteiger partial charge in [0.15, 0.2) is 0 Å². The van der Waals surface area contributed by atoms with Gasteiger partial charge in [-0.1, -0.05) is 61.4 Å². The summed E-state index contributed by atoms with van der Waals surface area (Å²) in [5.74, 6) is 0.200. The smallest absolute Gasteiger partial charge is 0.317 e. The number of hydrogen-bond donors (Lipinski definition) is 1. The molecule has 1 saturated heterocycles. The summed E-state index contributed by atoms with van der Waals surface area (Å²) in [6, 6.07) is 17.1. The van der Waals surface area contributed by atoms with E-state index in [1.807, 2.05) is 4.90 Å². The van der Waals surface area contributed by atoms with Gasteiger partial charge >= 0.3 is 6.03 Å². The van der Waals surface area contributed by atoms with Crippen molar-refractivity contribution in [2.45, 2.75) is 50.6 Å². The Bertz CT molecular complexity index is 969. The SMILES string of the molecule is COCC1C(c2ccc(-c3ccccc3C)cc2)CN1C(=O)CN(C)C(=O)NC1CCCC1. The summed E-state index contributed by atoms with van der Waals surface area (Å²) in [6.07, 6.45) is 4.38. The van der Waals surface area contributed by atoms with Crippen LogP contribution in [-0.4, -0.2) is 67.7 Å². The zero-order valence-electron chi connectivity index (χ0n) is 19.9. The fourth-order valence-electron chi connectivity index (χ4n) is 5.07. The molecule has 4 rings (SSSR count). The topological polar surface area (TPSA) is 61.9 Å². The highest BCUT2D eigenvalue weighted by Gasteiger charge is 2.42. The van der Waals surface area contributed by atoms with E-state index in [2.05, 4.69) is 60.8 Å². The van der Waals surface area contributed by atoms with Crippen molar-refractivity contribution in [2.75, 3.05) is 33.9 Å². The van der Waals surface area contributed by atoms with E-state index in [-0.39, 0.29) is 36.5 Å². The second-order valence-corrected chi connectivity index (χ2v) is 9.40. The van der Waals surface area contributed by atoms with Gasteiger partial charge < -0.3 is 19.9 Å². The number of rotatable bonds is 7. The average Bonchev–Trinajstić information content (AvgIpc) is 3.30. The Morgan fingerprint density at radius 3 is 2.45 bits per heavy atom. The van der Waals surface area contributed by atoms with E-state index in [4.69, 9.17) is 4.74 Å². The average molecular weight is 450 g/mol. The number of amides is 3. The first-order valence-electron chi connectivity index (χ1n) is 11.9. The summed E-state index contributed by atoms with van der Waals surface area (Å²) in [7, 11) is 3.36. The second kappa shape index (κ2) is 10.4. The highest BCUT2D eigenvalue weighted by molar-refractivity contribution is 5.85. The number of methoxy groups -OCH3 is 1. The summed E-state index contributed by atoms with van der Waals surface area (Å²) in [4.78, 5) is 28.8. The minimum absolute atomic E-state index is 0.0156. The van der Waals surface area contributed by atoms with E-state index < -0.39 is 0 Å². The zero-order valence-corrected chi connectivity index (χ0v) is 19.9. The van der Waals surface area contributed by atoms with Crippen LogP contribution in [0.3, 0.4) is 0 Å². The molecule has 3 amide bonds. The highest BCUT2D eigenvalue weighted by atomic mass is 16.5. The van der Waals surface area contributed by atoms with E-state index >= 15 is 0 Å². The van der Waals surface area contributed by atoms with Gasteiger partial charge in [-0.25, -0.2) is 4.79 Å². The van der Waals surface area contributed by atoms with Crippen molar-refractivity contribution >= 4 is 11.9 Å². The van der Waals surface area contributed by atoms with Gasteiger partial charge in [-0.2, -0.15) is 0 Å². The zero-order chi connectivity index (χ0) is 23.4. The first-order valence-corrected chi connectivity index (χ1v) is 11.9. The van der Waals surface area contributed by atoms with Gasteiger partial charge in [0.05, 0.1) is 12.6 Å². The molecule has 33 heavy (non-hydrogen) atoms. The number of benzene rings is 2. The molecule has 0 aromatic heterocycles. The molecule has 6 nitrogen and oxygen atoms in total. The standard InChI is InChI=1S/C27H35N3O3/c1-19-8-4-7-11-23(19)20-12-14-21(15-13-20)24-16-30(25(24)18-33-3)26(31)17-29(2)27(32)28-22-9-5-6-10-22/h4,7-8,11-15,22,24-25H,5-6,9-10,16-18H2,1-3H3,(H,28,32). The molecule has 2 aliphatic rings. The number of ether oxygens (including phenoxy) is 1. The van der Waals surface area contributed by atoms with Crippen molar-refractivity contribution in [3.63, 3.8) is 0 Å². The number of nitrogens with one attached hydrogen (secondary N) is 1. The Morgan fingerprint density at radius 2 is 1.79 bits per heavy atom. The summed E-state index contributed by atoms with van der Waals surface area (Å²) in [5.41, 5.74) is 4.90. The predicted octanol–water partition coefficient (Wildman–Crippen LogP) is 4.19. The van der Waals surface area contributed by atoms with Crippen LogP contribution in [0.5, 0.6) is 0 Å². The Hall–Kier alpha value is -2.86. The minimum Gasteiger partial charge on any atom is -0.383 e. The first-order chi connectivity index (χ1) is 16.0. The number of hydrogen-bond acceptors (Lipinski definition) is 3. The Morgan fingerprint density at radius 1 is 1.09 bits per heavy atom. The lowest BCUT2D eigenvalue weighted by Gasteiger charge is -2.48. The van der Waals surface area contributed by atoms with Crippen LogP contribution in [0.4, 0.5) is 4.79 Å². The van der Waals surface area contributed by atoms with Crippen molar-refractivity contribution < 1.29 is 14.3 Å². The normalized spacial score (nSPS) is 20.4. The van der Waals surface area contributed by atoms with E-state index in [0.717, 1.165) is 25.7 Å². The van der Waals surface area contributed by atoms with E-state index in [9.17, 15) is 9.59 Å². The van der Waals surface area contributed by atoms with Gasteiger partial charge in [-0.05, 0) is 42.0 Å². The van der Waals surface area contributed by atoms with Gasteiger partial charge in [0.2, 0.25) is 5.91 Å². The molecule has 1 saturated carbocycles. The molecular formula is C27H35N3O3. The van der Waals surface area contributed by atoms with Crippen LogP contribution in [-0.2, 0) is 9.53 Å². The third-order valence-corrected chi connectivity index (χ3v) is 7.11. The monoisotopic (exact) mass is 449 g/mol. The highest BCUT2D eigenvalue weighted by Crippen LogP contribution is 2.36. The first kappa shape index (κ1) is 23.3. The van der Waals surface area contributed by atoms with Crippen molar-refractivity contribution in [1.29, 1.82) is 0 Å². The maximum absolute atomic E-state index is 13.0. The molecule has 1 aliphatic carbocycles. The van der Waals surface area contributed by atoms with Crippen LogP contribution in [0.15, 0.2) is 48.5 Å². The van der Waals surface area contributed by atoms with E-state index in [0.29, 0.717) is 13.2 Å². The molecule has 2 fully saturated rings. The summed E-state index contributed by atoms with van der Waals surface area (Å²) in [5, 5.41) is 3.04. The van der Waals surface area contributed by atoms with Crippen LogP contribution >= 0.6 is 0 Å². The van der Waals surface area contributed by atoms with Crippen molar-refractivity contribution in [1.82, 2.24) is 15.1 Å². The molecule has 1 aliphatic heterocycles. The molecule has 1 heterocycles. The maximum atomic E-state index is 13.0. The van der Waals surface area contributed by atoms with Crippen LogP contribution < -0.4 is 5.32 Å². The largest absolute Gasteiger partial charge is 0.383 e. The van der Waals surface area contributed by atoms with Crippen LogP contribution in [0.25, 0.3) is 11.1 Å². The number of likely N-dealkylation sites (tertiary alicyclic amines) is 1. The number of likely N-dealkylation sites (N-methyl/N-ethyl adjacent to an activating group) is 1. The van der Waals surface area contributed by atoms with E-state index in [1.165, 1.54) is 27.2 Å². The molecule has 2 atom stereocenters. The minimum atomic E-state index is -0.164. The molecule has 2 unspecified atom stereocenters. The number of carbonyl (C=O) groups excluding carboxylic acids is 2. The third-order valence-electron chi connectivity index (χ3n) is 7.11. The van der Waals surface area contributed by atoms with Crippen LogP contribution in [0.1, 0.15) is 42.7 Å². The van der Waals surface area contributed by atoms with Gasteiger partial charge in [0.25, 0.3) is 0 Å². The van der Waals surface area contributed by atoms with Crippen LogP contribution in [0, 0.1) is 6.92 Å². The Kier molecular flexibility index (Phi) is 7.33. The van der Waals surface area contributed by atoms with Gasteiger partial charge in [0, 0.05) is 32.7 Å². The quantitative estimate of drug-likeness (QED) is 0.690. The molecule has 6 heteroatoms. The molecule has 0 bridgehead atoms. The predicted molar refractivity (Wildman–Crippen MR) is 130 cm³/mol. The lowest BCUT2D eigenvalue weighted by molar-refractivity contribution is -0.143. The molecule has 0 radical (unpaired) electrons. The van der Waals surface area contributed by atoms with Crippen LogP contribution in [0.2, 0.25) is 0 Å². The van der Waals surface area contributed by atoms with Crippen molar-refractivity contribution in [2.24, 2.45) is 0 Å². The second-order valence-electron chi connectivity index (χ2n) is 9.40. The Balaban J connectivity index is 1.37. The summed E-state index contributed by atoms with van der Waals surface area (Å²) in [6.45, 7) is 3.33. The molecule has 176 valence electrons. The summed E-state index contributed by atoms with van der Waals surface area (Å²) >= 11 is 0. The fraction of sp³-hybridized carbons (Fsp3) is 0.481. The fourth-order valence-corrected chi connectivity index (χ4v) is 5.07. The maximum Gasteiger partial charge on any atom is 0.317 e. The Labute approximate surface area is 196 Å². The number of urea groups is 1. The van der Waals surface area contributed by atoms with Gasteiger partial charge in [-0.15, -0.1) is 0 Å². The molecule has 0 spiro atoms. The molecule has 2 aromatic rings. The number of nitrogens with zero attached hydrogens (tertiary/aromatic N) is 2. The van der Waals surface area contributed by atoms with Gasteiger partial charge in [0.1, 0.15) is 6.54 Å². The number of carbonyl (C=O) groups is 2. The van der Waals surface area contributed by atoms with Crippen molar-refractivity contribution in [3.05, 3.63) is 59.7 Å². The lowest BCUT2D eigenvalue weighted by atomic mass is 9.82. The third kappa shape index (κ3) is 5.22. The lowest BCUT2D eigenvalue weighted by Crippen LogP contribution is -2.61. The van der Waals surface area contributed by atoms with Gasteiger partial charge in [-0.3, -0.25) is 4.79 Å². The molecule has 1 N–H and O–H groups in total. The van der Waals surface area contributed by atoms with Crippen molar-refractivity contribution in [3.8, 4) is 11.1 Å².